The molecule has 0 aliphatic heterocycles. The second-order valence-electron chi connectivity index (χ2n) is 4.42. The zero-order valence-corrected chi connectivity index (χ0v) is 11.1. The van der Waals surface area contributed by atoms with Gasteiger partial charge in [0.2, 0.25) is 0 Å². The van der Waals surface area contributed by atoms with Gasteiger partial charge in [0, 0.05) is 11.8 Å². The van der Waals surface area contributed by atoms with Gasteiger partial charge in [0.1, 0.15) is 11.5 Å². The molecule has 4 heteroatoms. The zero-order chi connectivity index (χ0) is 12.3. The van der Waals surface area contributed by atoms with E-state index in [9.17, 15) is 0 Å². The summed E-state index contributed by atoms with van der Waals surface area (Å²) >= 11 is 1.70. The summed E-state index contributed by atoms with van der Waals surface area (Å²) in [6.07, 6.45) is 2.05. The minimum absolute atomic E-state index is 0.595. The first-order valence-electron chi connectivity index (χ1n) is 5.90. The van der Waals surface area contributed by atoms with Gasteiger partial charge in [0.05, 0.1) is 5.01 Å². The number of furan rings is 1. The van der Waals surface area contributed by atoms with E-state index in [1.54, 1.807) is 11.3 Å². The third-order valence-electron chi connectivity index (χ3n) is 2.73. The van der Waals surface area contributed by atoms with Crippen molar-refractivity contribution in [1.82, 2.24) is 4.98 Å². The summed E-state index contributed by atoms with van der Waals surface area (Å²) in [4.78, 5) is 4.60. The maximum atomic E-state index is 5.56. The molecule has 17 heavy (non-hydrogen) atoms. The Morgan fingerprint density at radius 2 is 2.29 bits per heavy atom. The predicted molar refractivity (Wildman–Crippen MR) is 71.1 cm³/mol. The van der Waals surface area contributed by atoms with E-state index in [1.807, 2.05) is 19.1 Å². The number of nitrogens with zero attached hydrogens (tertiary/aromatic N) is 1. The van der Waals surface area contributed by atoms with Crippen molar-refractivity contribution in [2.45, 2.75) is 26.7 Å². The van der Waals surface area contributed by atoms with Gasteiger partial charge in [-0.2, -0.15) is 0 Å². The molecule has 2 aromatic heterocycles. The van der Waals surface area contributed by atoms with Gasteiger partial charge < -0.3 is 10.2 Å². The second kappa shape index (κ2) is 5.47. The van der Waals surface area contributed by atoms with Crippen molar-refractivity contribution in [2.75, 3.05) is 6.54 Å². The molecule has 0 spiro atoms. The highest BCUT2D eigenvalue weighted by molar-refractivity contribution is 7.09. The molecule has 1 unspecified atom stereocenters. The fourth-order valence-electron chi connectivity index (χ4n) is 1.77. The molecule has 2 N–H and O–H groups in total. The van der Waals surface area contributed by atoms with Gasteiger partial charge in [-0.25, -0.2) is 4.98 Å². The molecular formula is C13H18N2OS. The van der Waals surface area contributed by atoms with E-state index in [0.29, 0.717) is 5.92 Å². The molecule has 0 aliphatic rings. The summed E-state index contributed by atoms with van der Waals surface area (Å²) in [5, 5.41) is 3.22. The lowest BCUT2D eigenvalue weighted by Crippen LogP contribution is -2.07. The van der Waals surface area contributed by atoms with Gasteiger partial charge >= 0.3 is 0 Å². The lowest BCUT2D eigenvalue weighted by atomic mass is 10.1. The first kappa shape index (κ1) is 12.3. The number of thiazole rings is 1. The van der Waals surface area contributed by atoms with Crippen molar-refractivity contribution in [2.24, 2.45) is 11.7 Å². The summed E-state index contributed by atoms with van der Waals surface area (Å²) in [7, 11) is 0. The van der Waals surface area contributed by atoms with Gasteiger partial charge in [0.25, 0.3) is 0 Å². The average molecular weight is 250 g/mol. The maximum absolute atomic E-state index is 5.56. The van der Waals surface area contributed by atoms with Crippen molar-refractivity contribution in [1.29, 1.82) is 0 Å². The minimum Gasteiger partial charge on any atom is -0.460 e. The summed E-state index contributed by atoms with van der Waals surface area (Å²) in [6.45, 7) is 4.90. The molecule has 0 amide bonds. The largest absolute Gasteiger partial charge is 0.460 e. The summed E-state index contributed by atoms with van der Waals surface area (Å²) in [5.41, 5.74) is 6.49. The molecular weight excluding hydrogens is 232 g/mol. The zero-order valence-electron chi connectivity index (χ0n) is 10.3. The molecule has 0 aromatic carbocycles. The first-order valence-corrected chi connectivity index (χ1v) is 6.78. The van der Waals surface area contributed by atoms with Gasteiger partial charge in [-0.15, -0.1) is 11.3 Å². The third-order valence-corrected chi connectivity index (χ3v) is 3.60. The summed E-state index contributed by atoms with van der Waals surface area (Å²) in [5.74, 6) is 2.37. The van der Waals surface area contributed by atoms with Crippen molar-refractivity contribution in [3.8, 4) is 11.5 Å². The third kappa shape index (κ3) is 3.17. The number of aromatic nitrogens is 1. The van der Waals surface area contributed by atoms with Crippen LogP contribution in [-0.2, 0) is 6.42 Å². The molecule has 0 fully saturated rings. The first-order chi connectivity index (χ1) is 8.19. The lowest BCUT2D eigenvalue weighted by Gasteiger charge is -2.06. The van der Waals surface area contributed by atoms with Crippen LogP contribution in [0.4, 0.5) is 0 Å². The van der Waals surface area contributed by atoms with E-state index >= 15 is 0 Å². The average Bonchev–Trinajstić information content (AvgIpc) is 2.87. The van der Waals surface area contributed by atoms with Crippen LogP contribution in [0, 0.1) is 12.8 Å². The number of hydrogen-bond acceptors (Lipinski definition) is 4. The molecule has 0 radical (unpaired) electrons. The Morgan fingerprint density at radius 3 is 2.94 bits per heavy atom. The number of aryl methyl sites for hydroxylation is 1. The minimum atomic E-state index is 0.595. The SMILES string of the molecule is Cc1ccc(-c2csc(CC(C)CCN)n2)o1. The Hall–Kier alpha value is -1.13. The van der Waals surface area contributed by atoms with E-state index in [-0.39, 0.29) is 0 Å². The van der Waals surface area contributed by atoms with Gasteiger partial charge in [-0.1, -0.05) is 6.92 Å². The van der Waals surface area contributed by atoms with E-state index in [1.165, 1.54) is 0 Å². The molecule has 0 saturated carbocycles. The highest BCUT2D eigenvalue weighted by Gasteiger charge is 2.10. The summed E-state index contributed by atoms with van der Waals surface area (Å²) < 4.78 is 5.56. The normalized spacial score (nSPS) is 12.9. The monoisotopic (exact) mass is 250 g/mol. The van der Waals surface area contributed by atoms with Crippen molar-refractivity contribution < 1.29 is 4.42 Å². The predicted octanol–water partition coefficient (Wildman–Crippen LogP) is 3.24. The Labute approximate surface area is 106 Å². The van der Waals surface area contributed by atoms with E-state index < -0.39 is 0 Å². The van der Waals surface area contributed by atoms with Crippen LogP contribution >= 0.6 is 11.3 Å². The molecule has 2 heterocycles. The highest BCUT2D eigenvalue weighted by atomic mass is 32.1. The van der Waals surface area contributed by atoms with Crippen LogP contribution in [0.3, 0.4) is 0 Å². The van der Waals surface area contributed by atoms with Crippen molar-refractivity contribution in [3.63, 3.8) is 0 Å². The van der Waals surface area contributed by atoms with Gasteiger partial charge in [0.15, 0.2) is 5.76 Å². The van der Waals surface area contributed by atoms with Crippen LogP contribution in [0.1, 0.15) is 24.1 Å². The van der Waals surface area contributed by atoms with Crippen LogP contribution in [0.25, 0.3) is 11.5 Å². The second-order valence-corrected chi connectivity index (χ2v) is 5.37. The maximum Gasteiger partial charge on any atom is 0.153 e. The number of hydrogen-bond donors (Lipinski definition) is 1. The molecule has 0 bridgehead atoms. The Balaban J connectivity index is 2.05. The molecule has 92 valence electrons. The van der Waals surface area contributed by atoms with Crippen LogP contribution < -0.4 is 5.73 Å². The van der Waals surface area contributed by atoms with E-state index in [2.05, 4.69) is 17.3 Å². The molecule has 0 saturated heterocycles. The van der Waals surface area contributed by atoms with Crippen molar-refractivity contribution >= 4 is 11.3 Å². The quantitative estimate of drug-likeness (QED) is 0.886. The highest BCUT2D eigenvalue weighted by Crippen LogP contribution is 2.25. The molecule has 1 atom stereocenters. The van der Waals surface area contributed by atoms with E-state index in [4.69, 9.17) is 10.2 Å². The molecule has 2 aromatic rings. The molecule has 3 nitrogen and oxygen atoms in total. The Bertz CT molecular complexity index is 475. The topological polar surface area (TPSA) is 52.0 Å². The van der Waals surface area contributed by atoms with Gasteiger partial charge in [-0.05, 0) is 37.9 Å². The van der Waals surface area contributed by atoms with Crippen LogP contribution in [0.15, 0.2) is 21.9 Å². The molecule has 0 aliphatic carbocycles. The summed E-state index contributed by atoms with van der Waals surface area (Å²) in [6, 6.07) is 3.93. The smallest absolute Gasteiger partial charge is 0.153 e. The molecule has 2 rings (SSSR count). The number of rotatable bonds is 5. The number of nitrogens with two attached hydrogens (primary N) is 1. The van der Waals surface area contributed by atoms with Crippen molar-refractivity contribution in [3.05, 3.63) is 28.3 Å². The standard InChI is InChI=1S/C13H18N2OS/c1-9(5-6-14)7-13-15-11(8-17-13)12-4-3-10(2)16-12/h3-4,8-9H,5-7,14H2,1-2H3. The van der Waals surface area contributed by atoms with E-state index in [0.717, 1.165) is 41.6 Å². The van der Waals surface area contributed by atoms with Crippen LogP contribution in [-0.4, -0.2) is 11.5 Å². The fraction of sp³-hybridized carbons (Fsp3) is 0.462. The Morgan fingerprint density at radius 1 is 1.47 bits per heavy atom. The Kier molecular flexibility index (Phi) is 3.97. The fourth-order valence-corrected chi connectivity index (χ4v) is 2.72. The van der Waals surface area contributed by atoms with Crippen LogP contribution in [0.5, 0.6) is 0 Å². The lowest BCUT2D eigenvalue weighted by molar-refractivity contribution is 0.534. The van der Waals surface area contributed by atoms with Gasteiger partial charge in [-0.3, -0.25) is 0 Å². The van der Waals surface area contributed by atoms with Crippen LogP contribution in [0.2, 0.25) is 0 Å².